The average Bonchev–Trinajstić information content (AvgIpc) is 2.40. The molecule has 21 heavy (non-hydrogen) atoms. The standard InChI is InChI=1S/C12H14F3NO3S2/c13-12(14,15)21(18,19)11-4-2-1-3-10(11)16-9-5-7-20(17)8-6-9/h1-4,9,16H,5-8H2. The lowest BCUT2D eigenvalue weighted by molar-refractivity contribution is -0.0435. The molecule has 2 rings (SSSR count). The fourth-order valence-corrected chi connectivity index (χ4v) is 4.33. The van der Waals surface area contributed by atoms with Crippen molar-refractivity contribution in [1.29, 1.82) is 0 Å². The van der Waals surface area contributed by atoms with Crippen LogP contribution in [0.1, 0.15) is 12.8 Å². The van der Waals surface area contributed by atoms with Crippen LogP contribution in [-0.4, -0.2) is 35.7 Å². The highest BCUT2D eigenvalue weighted by molar-refractivity contribution is 7.92. The number of rotatable bonds is 3. The van der Waals surface area contributed by atoms with E-state index in [1.165, 1.54) is 18.2 Å². The van der Waals surface area contributed by atoms with Gasteiger partial charge in [0.15, 0.2) is 0 Å². The quantitative estimate of drug-likeness (QED) is 0.916. The molecule has 0 saturated carbocycles. The molecule has 1 aromatic carbocycles. The second-order valence-corrected chi connectivity index (χ2v) is 8.32. The first-order valence-corrected chi connectivity index (χ1v) is 9.21. The molecule has 1 heterocycles. The van der Waals surface area contributed by atoms with Gasteiger partial charge < -0.3 is 5.32 Å². The zero-order valence-corrected chi connectivity index (χ0v) is 12.5. The third-order valence-corrected chi connectivity index (χ3v) is 6.16. The van der Waals surface area contributed by atoms with Crippen LogP contribution in [0.3, 0.4) is 0 Å². The molecule has 0 bridgehead atoms. The first kappa shape index (κ1) is 16.3. The van der Waals surface area contributed by atoms with Crippen molar-refractivity contribution in [2.24, 2.45) is 0 Å². The molecule has 1 aliphatic heterocycles. The minimum Gasteiger partial charge on any atom is -0.381 e. The van der Waals surface area contributed by atoms with Crippen molar-refractivity contribution in [3.05, 3.63) is 24.3 Å². The molecule has 0 aromatic heterocycles. The number of anilines is 1. The van der Waals surface area contributed by atoms with Crippen molar-refractivity contribution >= 4 is 26.3 Å². The molecule has 1 fully saturated rings. The molecule has 0 amide bonds. The molecule has 0 spiro atoms. The summed E-state index contributed by atoms with van der Waals surface area (Å²) in [6, 6.07) is 4.79. The normalized spacial score (nSPS) is 23.8. The van der Waals surface area contributed by atoms with Crippen LogP contribution in [0.25, 0.3) is 0 Å². The lowest BCUT2D eigenvalue weighted by atomic mass is 10.1. The third-order valence-electron chi connectivity index (χ3n) is 3.23. The molecule has 1 aliphatic rings. The van der Waals surface area contributed by atoms with Gasteiger partial charge in [0, 0.05) is 28.3 Å². The van der Waals surface area contributed by atoms with Crippen LogP contribution in [0.2, 0.25) is 0 Å². The molecule has 1 N–H and O–H groups in total. The van der Waals surface area contributed by atoms with Gasteiger partial charge >= 0.3 is 5.51 Å². The van der Waals surface area contributed by atoms with Crippen molar-refractivity contribution in [2.75, 3.05) is 16.8 Å². The minimum atomic E-state index is -5.39. The Morgan fingerprint density at radius 3 is 2.29 bits per heavy atom. The van der Waals surface area contributed by atoms with E-state index in [1.54, 1.807) is 0 Å². The number of nitrogens with one attached hydrogen (secondary N) is 1. The lowest BCUT2D eigenvalue weighted by Crippen LogP contribution is -2.31. The van der Waals surface area contributed by atoms with Crippen molar-refractivity contribution in [3.8, 4) is 0 Å². The molecule has 118 valence electrons. The SMILES string of the molecule is O=S1CCC(Nc2ccccc2S(=O)(=O)C(F)(F)F)CC1. The Balaban J connectivity index is 2.28. The lowest BCUT2D eigenvalue weighted by Gasteiger charge is -2.25. The van der Waals surface area contributed by atoms with Gasteiger partial charge in [-0.05, 0) is 25.0 Å². The van der Waals surface area contributed by atoms with E-state index in [2.05, 4.69) is 5.32 Å². The first-order chi connectivity index (χ1) is 9.72. The second-order valence-electron chi connectivity index (χ2n) is 4.71. The van der Waals surface area contributed by atoms with Crippen molar-refractivity contribution < 1.29 is 25.8 Å². The second kappa shape index (κ2) is 5.96. The Kier molecular flexibility index (Phi) is 4.62. The molecule has 1 aromatic rings. The minimum absolute atomic E-state index is 0.0625. The van der Waals surface area contributed by atoms with Gasteiger partial charge in [-0.25, -0.2) is 8.42 Å². The number of hydrogen-bond donors (Lipinski definition) is 1. The van der Waals surface area contributed by atoms with E-state index in [0.29, 0.717) is 24.3 Å². The van der Waals surface area contributed by atoms with Gasteiger partial charge in [-0.15, -0.1) is 0 Å². The predicted octanol–water partition coefficient (Wildman–Crippen LogP) is 2.30. The fourth-order valence-electron chi connectivity index (χ4n) is 2.10. The Labute approximate surface area is 123 Å². The largest absolute Gasteiger partial charge is 0.501 e. The van der Waals surface area contributed by atoms with Gasteiger partial charge in [-0.1, -0.05) is 12.1 Å². The molecule has 1 saturated heterocycles. The number of halogens is 3. The number of hydrogen-bond acceptors (Lipinski definition) is 4. The average molecular weight is 341 g/mol. The van der Waals surface area contributed by atoms with Gasteiger partial charge in [-0.2, -0.15) is 13.2 Å². The maximum absolute atomic E-state index is 12.7. The summed E-state index contributed by atoms with van der Waals surface area (Å²) in [5, 5.41) is 2.83. The topological polar surface area (TPSA) is 63.2 Å². The summed E-state index contributed by atoms with van der Waals surface area (Å²) in [7, 11) is -6.28. The van der Waals surface area contributed by atoms with Crippen LogP contribution in [0, 0.1) is 0 Å². The van der Waals surface area contributed by atoms with Crippen LogP contribution in [0.5, 0.6) is 0 Å². The van der Waals surface area contributed by atoms with E-state index < -0.39 is 31.0 Å². The van der Waals surface area contributed by atoms with Gasteiger partial charge in [0.05, 0.1) is 10.6 Å². The van der Waals surface area contributed by atoms with E-state index in [0.717, 1.165) is 6.07 Å². The monoisotopic (exact) mass is 341 g/mol. The number of para-hydroxylation sites is 1. The summed E-state index contributed by atoms with van der Waals surface area (Å²) in [5.41, 5.74) is -5.40. The van der Waals surface area contributed by atoms with Crippen molar-refractivity contribution in [2.45, 2.75) is 29.3 Å². The van der Waals surface area contributed by atoms with Gasteiger partial charge in [0.2, 0.25) is 0 Å². The summed E-state index contributed by atoms with van der Waals surface area (Å²) in [6.07, 6.45) is 1.07. The van der Waals surface area contributed by atoms with Gasteiger partial charge in [0.25, 0.3) is 9.84 Å². The van der Waals surface area contributed by atoms with E-state index in [4.69, 9.17) is 0 Å². The molecule has 9 heteroatoms. The summed E-state index contributed by atoms with van der Waals surface area (Å²) in [6.45, 7) is 0. The zero-order valence-electron chi connectivity index (χ0n) is 10.9. The molecule has 0 atom stereocenters. The summed E-state index contributed by atoms with van der Waals surface area (Å²) in [4.78, 5) is -0.774. The highest BCUT2D eigenvalue weighted by Crippen LogP contribution is 2.34. The fraction of sp³-hybridized carbons (Fsp3) is 0.500. The molecule has 0 unspecified atom stereocenters. The van der Waals surface area contributed by atoms with Crippen LogP contribution >= 0.6 is 0 Å². The molecular formula is C12H14F3NO3S2. The number of sulfone groups is 1. The molecular weight excluding hydrogens is 327 g/mol. The highest BCUT2D eigenvalue weighted by atomic mass is 32.2. The highest BCUT2D eigenvalue weighted by Gasteiger charge is 2.48. The smallest absolute Gasteiger partial charge is 0.381 e. The Morgan fingerprint density at radius 1 is 1.14 bits per heavy atom. The number of alkyl halides is 3. The summed E-state index contributed by atoms with van der Waals surface area (Å²) >= 11 is 0. The van der Waals surface area contributed by atoms with E-state index >= 15 is 0 Å². The third kappa shape index (κ3) is 3.57. The zero-order chi connectivity index (χ0) is 15.7. The van der Waals surface area contributed by atoms with Crippen LogP contribution in [0.4, 0.5) is 18.9 Å². The van der Waals surface area contributed by atoms with Crippen LogP contribution < -0.4 is 5.32 Å². The van der Waals surface area contributed by atoms with E-state index in [1.807, 2.05) is 0 Å². The Hall–Kier alpha value is -1.09. The van der Waals surface area contributed by atoms with Crippen LogP contribution in [0.15, 0.2) is 29.2 Å². The van der Waals surface area contributed by atoms with E-state index in [-0.39, 0.29) is 11.7 Å². The van der Waals surface area contributed by atoms with Crippen LogP contribution in [-0.2, 0) is 20.6 Å². The maximum atomic E-state index is 12.7. The summed E-state index contributed by atoms with van der Waals surface area (Å²) in [5.74, 6) is 0.928. The van der Waals surface area contributed by atoms with Gasteiger partial charge in [0.1, 0.15) is 0 Å². The Bertz CT molecular complexity index is 633. The van der Waals surface area contributed by atoms with Gasteiger partial charge in [-0.3, -0.25) is 4.21 Å². The molecule has 0 radical (unpaired) electrons. The molecule has 0 aliphatic carbocycles. The Morgan fingerprint density at radius 2 is 1.71 bits per heavy atom. The molecule has 4 nitrogen and oxygen atoms in total. The van der Waals surface area contributed by atoms with Crippen molar-refractivity contribution in [3.63, 3.8) is 0 Å². The van der Waals surface area contributed by atoms with E-state index in [9.17, 15) is 25.8 Å². The first-order valence-electron chi connectivity index (χ1n) is 6.24. The number of benzene rings is 1. The maximum Gasteiger partial charge on any atom is 0.501 e. The predicted molar refractivity (Wildman–Crippen MR) is 74.2 cm³/mol. The summed E-state index contributed by atoms with van der Waals surface area (Å²) < 4.78 is 72.4. The van der Waals surface area contributed by atoms with Crippen molar-refractivity contribution in [1.82, 2.24) is 0 Å².